The predicted octanol–water partition coefficient (Wildman–Crippen LogP) is 3.48. The van der Waals surface area contributed by atoms with Crippen LogP contribution in [0, 0.1) is 25.5 Å². The second kappa shape index (κ2) is 4.90. The lowest BCUT2D eigenvalue weighted by atomic mass is 9.98. The van der Waals surface area contributed by atoms with Crippen LogP contribution >= 0.6 is 0 Å². The monoisotopic (exact) mass is 251 g/mol. The van der Waals surface area contributed by atoms with Crippen LogP contribution in [0.25, 0.3) is 0 Å². The van der Waals surface area contributed by atoms with Crippen molar-refractivity contribution in [1.82, 2.24) is 5.32 Å². The minimum atomic E-state index is -0.559. The van der Waals surface area contributed by atoms with Crippen LogP contribution in [-0.4, -0.2) is 7.05 Å². The van der Waals surface area contributed by atoms with E-state index in [0.717, 1.165) is 17.4 Å². The maximum Gasteiger partial charge on any atom is 0.131 e. The average Bonchev–Trinajstić information content (AvgIpc) is 2.73. The number of rotatable bonds is 3. The standard InChI is InChI=1S/C14H15F2NO/c1-8-4-11(13(16)6-12(8)15)14(17-3)10-5-9(2)18-7-10/h4-7,14,17H,1-3H3. The zero-order valence-corrected chi connectivity index (χ0v) is 10.6. The van der Waals surface area contributed by atoms with E-state index in [4.69, 9.17) is 4.42 Å². The summed E-state index contributed by atoms with van der Waals surface area (Å²) in [6, 6.07) is 3.93. The molecule has 0 spiro atoms. The fraction of sp³-hybridized carbons (Fsp3) is 0.286. The van der Waals surface area contributed by atoms with E-state index in [9.17, 15) is 8.78 Å². The second-order valence-electron chi connectivity index (χ2n) is 4.34. The first-order valence-electron chi connectivity index (χ1n) is 5.70. The third-order valence-electron chi connectivity index (χ3n) is 2.96. The van der Waals surface area contributed by atoms with Crippen molar-refractivity contribution in [1.29, 1.82) is 0 Å². The summed E-state index contributed by atoms with van der Waals surface area (Å²) in [6.45, 7) is 3.44. The van der Waals surface area contributed by atoms with Crippen molar-refractivity contribution in [3.05, 3.63) is 58.5 Å². The van der Waals surface area contributed by atoms with E-state index in [2.05, 4.69) is 5.32 Å². The molecule has 1 heterocycles. The lowest BCUT2D eigenvalue weighted by Crippen LogP contribution is -2.18. The molecule has 1 unspecified atom stereocenters. The number of aryl methyl sites for hydroxylation is 2. The maximum absolute atomic E-state index is 13.8. The first kappa shape index (κ1) is 12.8. The molecule has 1 aromatic carbocycles. The van der Waals surface area contributed by atoms with Crippen LogP contribution in [0.5, 0.6) is 0 Å². The lowest BCUT2D eigenvalue weighted by molar-refractivity contribution is 0.522. The Morgan fingerprint density at radius 3 is 2.39 bits per heavy atom. The fourth-order valence-corrected chi connectivity index (χ4v) is 2.02. The van der Waals surface area contributed by atoms with E-state index in [-0.39, 0.29) is 6.04 Å². The normalized spacial score (nSPS) is 12.7. The molecule has 0 radical (unpaired) electrons. The molecule has 2 aromatic rings. The molecule has 0 saturated heterocycles. The van der Waals surface area contributed by atoms with Gasteiger partial charge < -0.3 is 9.73 Å². The Balaban J connectivity index is 2.48. The molecule has 2 rings (SSSR count). The zero-order valence-electron chi connectivity index (χ0n) is 10.6. The zero-order chi connectivity index (χ0) is 13.3. The first-order valence-corrected chi connectivity index (χ1v) is 5.70. The highest BCUT2D eigenvalue weighted by atomic mass is 19.1. The van der Waals surface area contributed by atoms with Crippen LogP contribution in [0.2, 0.25) is 0 Å². The van der Waals surface area contributed by atoms with Crippen LogP contribution in [0.15, 0.2) is 28.9 Å². The summed E-state index contributed by atoms with van der Waals surface area (Å²) in [5.74, 6) is -0.338. The molecule has 4 heteroatoms. The highest BCUT2D eigenvalue weighted by molar-refractivity contribution is 5.35. The summed E-state index contributed by atoms with van der Waals surface area (Å²) in [7, 11) is 1.73. The van der Waals surface area contributed by atoms with Gasteiger partial charge in [0.15, 0.2) is 0 Å². The summed E-state index contributed by atoms with van der Waals surface area (Å²) in [5, 5.41) is 3.01. The molecule has 0 amide bonds. The van der Waals surface area contributed by atoms with Gasteiger partial charge in [0.1, 0.15) is 17.4 Å². The van der Waals surface area contributed by atoms with E-state index < -0.39 is 11.6 Å². The molecular weight excluding hydrogens is 236 g/mol. The molecule has 18 heavy (non-hydrogen) atoms. The third-order valence-corrected chi connectivity index (χ3v) is 2.96. The molecule has 1 N–H and O–H groups in total. The highest BCUT2D eigenvalue weighted by Gasteiger charge is 2.19. The van der Waals surface area contributed by atoms with Crippen LogP contribution in [0.1, 0.15) is 28.5 Å². The number of hydrogen-bond acceptors (Lipinski definition) is 2. The Bertz CT molecular complexity index is 563. The van der Waals surface area contributed by atoms with Gasteiger partial charge in [0.25, 0.3) is 0 Å². The summed E-state index contributed by atoms with van der Waals surface area (Å²) in [6.07, 6.45) is 1.58. The van der Waals surface area contributed by atoms with E-state index in [0.29, 0.717) is 11.1 Å². The number of hydrogen-bond donors (Lipinski definition) is 1. The number of benzene rings is 1. The Labute approximate surface area is 105 Å². The van der Waals surface area contributed by atoms with Crippen molar-refractivity contribution >= 4 is 0 Å². The first-order chi connectivity index (χ1) is 8.52. The molecule has 0 bridgehead atoms. The largest absolute Gasteiger partial charge is 0.469 e. The number of nitrogens with one attached hydrogen (secondary N) is 1. The summed E-state index contributed by atoms with van der Waals surface area (Å²) < 4.78 is 32.3. The minimum Gasteiger partial charge on any atom is -0.469 e. The van der Waals surface area contributed by atoms with E-state index in [1.807, 2.05) is 13.0 Å². The molecule has 1 atom stereocenters. The lowest BCUT2D eigenvalue weighted by Gasteiger charge is -2.16. The average molecular weight is 251 g/mol. The van der Waals surface area contributed by atoms with Crippen molar-refractivity contribution in [3.8, 4) is 0 Å². The van der Waals surface area contributed by atoms with Gasteiger partial charge in [0.05, 0.1) is 12.3 Å². The van der Waals surface area contributed by atoms with Gasteiger partial charge in [-0.25, -0.2) is 8.78 Å². The molecule has 0 aliphatic carbocycles. The van der Waals surface area contributed by atoms with Crippen molar-refractivity contribution in [3.63, 3.8) is 0 Å². The van der Waals surface area contributed by atoms with Crippen molar-refractivity contribution in [2.24, 2.45) is 0 Å². The number of halogens is 2. The Morgan fingerprint density at radius 1 is 1.11 bits per heavy atom. The van der Waals surface area contributed by atoms with E-state index >= 15 is 0 Å². The molecule has 0 aliphatic rings. The molecule has 0 aliphatic heterocycles. The maximum atomic E-state index is 13.8. The van der Waals surface area contributed by atoms with Crippen LogP contribution in [0.3, 0.4) is 0 Å². The molecule has 2 nitrogen and oxygen atoms in total. The van der Waals surface area contributed by atoms with Gasteiger partial charge in [-0.2, -0.15) is 0 Å². The summed E-state index contributed by atoms with van der Waals surface area (Å²) in [4.78, 5) is 0. The van der Waals surface area contributed by atoms with Gasteiger partial charge in [0, 0.05) is 17.2 Å². The molecule has 0 fully saturated rings. The Hall–Kier alpha value is -1.68. The molecule has 1 aromatic heterocycles. The Morgan fingerprint density at radius 2 is 1.83 bits per heavy atom. The van der Waals surface area contributed by atoms with Crippen LogP contribution in [-0.2, 0) is 0 Å². The van der Waals surface area contributed by atoms with Gasteiger partial charge >= 0.3 is 0 Å². The van der Waals surface area contributed by atoms with Gasteiger partial charge in [-0.15, -0.1) is 0 Å². The van der Waals surface area contributed by atoms with Crippen LogP contribution in [0.4, 0.5) is 8.78 Å². The van der Waals surface area contributed by atoms with Gasteiger partial charge in [-0.05, 0) is 38.6 Å². The highest BCUT2D eigenvalue weighted by Crippen LogP contribution is 2.27. The predicted molar refractivity (Wildman–Crippen MR) is 65.4 cm³/mol. The van der Waals surface area contributed by atoms with Gasteiger partial charge in [-0.3, -0.25) is 0 Å². The third kappa shape index (κ3) is 2.29. The van der Waals surface area contributed by atoms with Crippen LogP contribution < -0.4 is 5.32 Å². The Kier molecular flexibility index (Phi) is 3.48. The topological polar surface area (TPSA) is 25.2 Å². The molecule has 96 valence electrons. The second-order valence-corrected chi connectivity index (χ2v) is 4.34. The fourth-order valence-electron chi connectivity index (χ4n) is 2.02. The molecule has 0 saturated carbocycles. The van der Waals surface area contributed by atoms with E-state index in [1.54, 1.807) is 20.2 Å². The molecular formula is C14H15F2NO. The van der Waals surface area contributed by atoms with Gasteiger partial charge in [0.2, 0.25) is 0 Å². The smallest absolute Gasteiger partial charge is 0.131 e. The van der Waals surface area contributed by atoms with Crippen molar-refractivity contribution in [2.75, 3.05) is 7.05 Å². The number of furan rings is 1. The summed E-state index contributed by atoms with van der Waals surface area (Å²) >= 11 is 0. The van der Waals surface area contributed by atoms with Gasteiger partial charge in [-0.1, -0.05) is 0 Å². The van der Waals surface area contributed by atoms with Crippen molar-refractivity contribution in [2.45, 2.75) is 19.9 Å². The quantitative estimate of drug-likeness (QED) is 0.903. The van der Waals surface area contributed by atoms with E-state index in [1.165, 1.54) is 6.07 Å². The minimum absolute atomic E-state index is 0.346. The van der Waals surface area contributed by atoms with Crippen molar-refractivity contribution < 1.29 is 13.2 Å². The SMILES string of the molecule is CNC(c1coc(C)c1)c1cc(C)c(F)cc1F. The summed E-state index contributed by atoms with van der Waals surface area (Å²) in [5.41, 5.74) is 1.66.